The summed E-state index contributed by atoms with van der Waals surface area (Å²) in [6.45, 7) is 1.14. The number of rotatable bonds is 6. The molecule has 3 aromatic heterocycles. The van der Waals surface area contributed by atoms with E-state index in [1.54, 1.807) is 24.0 Å². The summed E-state index contributed by atoms with van der Waals surface area (Å²) in [5, 5.41) is 13.4. The minimum absolute atomic E-state index is 0. The SMILES string of the molecule is Cl.Cn1c(=O)c2c(ncn2CC(O)CNCc2cccnc2)n(C)c1=O. The van der Waals surface area contributed by atoms with Crippen LogP contribution in [0.2, 0.25) is 0 Å². The zero-order valence-electron chi connectivity index (χ0n) is 14.5. The first kappa shape index (κ1) is 19.8. The fraction of sp³-hybridized carbons (Fsp3) is 0.375. The minimum Gasteiger partial charge on any atom is -0.390 e. The summed E-state index contributed by atoms with van der Waals surface area (Å²) in [7, 11) is 2.99. The minimum atomic E-state index is -0.712. The van der Waals surface area contributed by atoms with Crippen molar-refractivity contribution < 1.29 is 5.11 Å². The summed E-state index contributed by atoms with van der Waals surface area (Å²) < 4.78 is 3.93. The number of aliphatic hydroxyl groups is 1. The molecule has 9 nitrogen and oxygen atoms in total. The van der Waals surface area contributed by atoms with Gasteiger partial charge >= 0.3 is 5.69 Å². The van der Waals surface area contributed by atoms with E-state index in [-0.39, 0.29) is 19.0 Å². The largest absolute Gasteiger partial charge is 0.390 e. The molecule has 2 N–H and O–H groups in total. The Balaban J connectivity index is 0.00000243. The quantitative estimate of drug-likeness (QED) is 0.591. The lowest BCUT2D eigenvalue weighted by molar-refractivity contribution is 0.152. The van der Waals surface area contributed by atoms with Gasteiger partial charge in [0.2, 0.25) is 0 Å². The number of nitrogens with zero attached hydrogens (tertiary/aromatic N) is 5. The molecule has 140 valence electrons. The Labute approximate surface area is 155 Å². The normalized spacial score (nSPS) is 12.1. The maximum Gasteiger partial charge on any atom is 0.332 e. The zero-order chi connectivity index (χ0) is 18.0. The number of aryl methyl sites for hydroxylation is 1. The number of aromatic nitrogens is 5. The van der Waals surface area contributed by atoms with Crippen molar-refractivity contribution in [2.75, 3.05) is 6.54 Å². The first-order valence-electron chi connectivity index (χ1n) is 7.87. The molecule has 3 rings (SSSR count). The number of halogens is 1. The molecule has 1 atom stereocenters. The lowest BCUT2D eigenvalue weighted by atomic mass is 10.2. The fourth-order valence-corrected chi connectivity index (χ4v) is 2.71. The van der Waals surface area contributed by atoms with Crippen molar-refractivity contribution in [1.29, 1.82) is 0 Å². The molecule has 0 spiro atoms. The number of nitrogens with one attached hydrogen (secondary N) is 1. The number of imidazole rings is 1. The molecule has 0 fully saturated rings. The monoisotopic (exact) mass is 380 g/mol. The van der Waals surface area contributed by atoms with E-state index in [9.17, 15) is 14.7 Å². The fourth-order valence-electron chi connectivity index (χ4n) is 2.71. The van der Waals surface area contributed by atoms with Crippen LogP contribution in [-0.4, -0.2) is 41.4 Å². The number of aliphatic hydroxyl groups excluding tert-OH is 1. The Bertz CT molecular complexity index is 995. The molecule has 0 saturated carbocycles. The highest BCUT2D eigenvalue weighted by Gasteiger charge is 2.16. The maximum atomic E-state index is 12.3. The van der Waals surface area contributed by atoms with Crippen LogP contribution in [0.15, 0.2) is 40.4 Å². The molecule has 0 amide bonds. The van der Waals surface area contributed by atoms with E-state index in [1.807, 2.05) is 12.1 Å². The van der Waals surface area contributed by atoms with E-state index in [0.29, 0.717) is 24.3 Å². The molecule has 3 heterocycles. The third kappa shape index (κ3) is 3.85. The average Bonchev–Trinajstić information content (AvgIpc) is 3.02. The van der Waals surface area contributed by atoms with Gasteiger partial charge in [0.25, 0.3) is 5.56 Å². The summed E-state index contributed by atoms with van der Waals surface area (Å²) in [6.07, 6.45) is 4.22. The van der Waals surface area contributed by atoms with Crippen LogP contribution in [0.1, 0.15) is 5.56 Å². The molecule has 0 bridgehead atoms. The molecular weight excluding hydrogens is 360 g/mol. The van der Waals surface area contributed by atoms with E-state index in [1.165, 1.54) is 17.9 Å². The molecule has 0 aromatic carbocycles. The highest BCUT2D eigenvalue weighted by Crippen LogP contribution is 2.06. The summed E-state index contributed by atoms with van der Waals surface area (Å²) in [6, 6.07) is 3.80. The standard InChI is InChI=1S/C16H20N6O3.ClH/c1-20-14-13(15(24)21(2)16(20)25)22(10-19-14)9-12(23)8-18-7-11-4-3-5-17-6-11;/h3-6,10,12,18,23H,7-9H2,1-2H3;1H. The molecule has 0 aliphatic rings. The third-order valence-electron chi connectivity index (χ3n) is 4.06. The van der Waals surface area contributed by atoms with Gasteiger partial charge in [-0.25, -0.2) is 9.78 Å². The van der Waals surface area contributed by atoms with Crippen LogP contribution in [0, 0.1) is 0 Å². The molecule has 0 aliphatic heterocycles. The summed E-state index contributed by atoms with van der Waals surface area (Å²) in [4.78, 5) is 32.4. The molecular formula is C16H21ClN6O3. The summed E-state index contributed by atoms with van der Waals surface area (Å²) >= 11 is 0. The number of hydrogen-bond donors (Lipinski definition) is 2. The molecule has 0 aliphatic carbocycles. The van der Waals surface area contributed by atoms with Crippen molar-refractivity contribution >= 4 is 23.6 Å². The van der Waals surface area contributed by atoms with Crippen LogP contribution in [0.3, 0.4) is 0 Å². The molecule has 26 heavy (non-hydrogen) atoms. The topological polar surface area (TPSA) is 107 Å². The Morgan fingerprint density at radius 1 is 1.27 bits per heavy atom. The van der Waals surface area contributed by atoms with Crippen LogP contribution in [-0.2, 0) is 27.2 Å². The van der Waals surface area contributed by atoms with E-state index in [4.69, 9.17) is 0 Å². The Morgan fingerprint density at radius 3 is 2.73 bits per heavy atom. The van der Waals surface area contributed by atoms with E-state index in [2.05, 4.69) is 15.3 Å². The average molecular weight is 381 g/mol. The lowest BCUT2D eigenvalue weighted by Gasteiger charge is -2.13. The second-order valence-corrected chi connectivity index (χ2v) is 5.92. The number of pyridine rings is 1. The second kappa shape index (κ2) is 8.26. The van der Waals surface area contributed by atoms with Gasteiger partial charge in [0.05, 0.1) is 19.0 Å². The van der Waals surface area contributed by atoms with Crippen LogP contribution < -0.4 is 16.6 Å². The van der Waals surface area contributed by atoms with Crippen LogP contribution in [0.5, 0.6) is 0 Å². The number of fused-ring (bicyclic) bond motifs is 1. The predicted octanol–water partition coefficient (Wildman–Crippen LogP) is -0.599. The Hall–Kier alpha value is -2.49. The van der Waals surface area contributed by atoms with E-state index in [0.717, 1.165) is 10.1 Å². The van der Waals surface area contributed by atoms with Crippen molar-refractivity contribution in [2.45, 2.75) is 19.2 Å². The van der Waals surface area contributed by atoms with Gasteiger partial charge in [0, 0.05) is 39.6 Å². The first-order chi connectivity index (χ1) is 12.0. The lowest BCUT2D eigenvalue weighted by Crippen LogP contribution is -2.38. The number of hydrogen-bond acceptors (Lipinski definition) is 6. The Kier molecular flexibility index (Phi) is 6.30. The van der Waals surface area contributed by atoms with Gasteiger partial charge in [-0.1, -0.05) is 6.07 Å². The molecule has 0 radical (unpaired) electrons. The van der Waals surface area contributed by atoms with Crippen molar-refractivity contribution in [2.24, 2.45) is 14.1 Å². The van der Waals surface area contributed by atoms with Gasteiger partial charge in [-0.15, -0.1) is 12.4 Å². The van der Waals surface area contributed by atoms with Crippen LogP contribution in [0.4, 0.5) is 0 Å². The van der Waals surface area contributed by atoms with Gasteiger partial charge in [-0.3, -0.25) is 18.9 Å². The van der Waals surface area contributed by atoms with Gasteiger partial charge in [0.15, 0.2) is 11.2 Å². The maximum absolute atomic E-state index is 12.3. The Morgan fingerprint density at radius 2 is 2.04 bits per heavy atom. The van der Waals surface area contributed by atoms with Crippen molar-refractivity contribution in [1.82, 2.24) is 29.0 Å². The van der Waals surface area contributed by atoms with E-state index >= 15 is 0 Å². The first-order valence-corrected chi connectivity index (χ1v) is 7.87. The van der Waals surface area contributed by atoms with Gasteiger partial charge in [0.1, 0.15) is 0 Å². The van der Waals surface area contributed by atoms with E-state index < -0.39 is 17.4 Å². The smallest absolute Gasteiger partial charge is 0.332 e. The third-order valence-corrected chi connectivity index (χ3v) is 4.06. The molecule has 10 heteroatoms. The van der Waals surface area contributed by atoms with Crippen molar-refractivity contribution in [3.05, 3.63) is 57.3 Å². The summed E-state index contributed by atoms with van der Waals surface area (Å²) in [5.74, 6) is 0. The van der Waals surface area contributed by atoms with Gasteiger partial charge < -0.3 is 15.0 Å². The van der Waals surface area contributed by atoms with Crippen LogP contribution in [0.25, 0.3) is 11.2 Å². The van der Waals surface area contributed by atoms with Crippen molar-refractivity contribution in [3.63, 3.8) is 0 Å². The van der Waals surface area contributed by atoms with Gasteiger partial charge in [-0.2, -0.15) is 0 Å². The highest BCUT2D eigenvalue weighted by atomic mass is 35.5. The van der Waals surface area contributed by atoms with Crippen LogP contribution >= 0.6 is 12.4 Å². The highest BCUT2D eigenvalue weighted by molar-refractivity contribution is 5.85. The molecule has 1 unspecified atom stereocenters. The zero-order valence-corrected chi connectivity index (χ0v) is 15.3. The van der Waals surface area contributed by atoms with Gasteiger partial charge in [-0.05, 0) is 11.6 Å². The predicted molar refractivity (Wildman–Crippen MR) is 99.4 cm³/mol. The summed E-state index contributed by atoms with van der Waals surface area (Å²) in [5.41, 5.74) is 0.777. The van der Waals surface area contributed by atoms with Crippen molar-refractivity contribution in [3.8, 4) is 0 Å². The molecule has 0 saturated heterocycles. The molecule has 3 aromatic rings. The second-order valence-electron chi connectivity index (χ2n) is 5.92.